The molecule has 2 N–H and O–H groups in total. The fourth-order valence-corrected chi connectivity index (χ4v) is 1.55. The Morgan fingerprint density at radius 3 is 2.87 bits per heavy atom. The van der Waals surface area contributed by atoms with Gasteiger partial charge in [0.2, 0.25) is 5.89 Å². The Morgan fingerprint density at radius 2 is 2.27 bits per heavy atom. The van der Waals surface area contributed by atoms with E-state index in [1.54, 1.807) is 0 Å². The monoisotopic (exact) mass is 222 g/mol. The molecule has 0 fully saturated rings. The summed E-state index contributed by atoms with van der Waals surface area (Å²) in [5.74, 6) is 1.28. The minimum absolute atomic E-state index is 0.361. The van der Waals surface area contributed by atoms with Crippen LogP contribution in [0.2, 0.25) is 5.02 Å². The van der Waals surface area contributed by atoms with E-state index in [0.29, 0.717) is 23.2 Å². The highest BCUT2D eigenvalue weighted by molar-refractivity contribution is 6.30. The zero-order valence-electron chi connectivity index (χ0n) is 8.33. The lowest BCUT2D eigenvalue weighted by molar-refractivity contribution is 0.518. The first kappa shape index (κ1) is 10.2. The van der Waals surface area contributed by atoms with Crippen molar-refractivity contribution in [1.82, 2.24) is 4.98 Å². The molecule has 15 heavy (non-hydrogen) atoms. The summed E-state index contributed by atoms with van der Waals surface area (Å²) in [5.41, 5.74) is 7.20. The Morgan fingerprint density at radius 1 is 1.47 bits per heavy atom. The molecule has 0 atom stereocenters. The molecule has 0 radical (unpaired) electrons. The van der Waals surface area contributed by atoms with Crippen LogP contribution >= 0.6 is 11.6 Å². The van der Waals surface area contributed by atoms with Gasteiger partial charge in [0.1, 0.15) is 5.76 Å². The van der Waals surface area contributed by atoms with Gasteiger partial charge in [-0.25, -0.2) is 4.98 Å². The lowest BCUT2D eigenvalue weighted by Crippen LogP contribution is -1.95. The van der Waals surface area contributed by atoms with E-state index in [0.717, 1.165) is 11.3 Å². The number of hydrogen-bond donors (Lipinski definition) is 1. The second kappa shape index (κ2) is 4.04. The average molecular weight is 223 g/mol. The van der Waals surface area contributed by atoms with E-state index in [4.69, 9.17) is 21.8 Å². The van der Waals surface area contributed by atoms with Crippen LogP contribution in [0.15, 0.2) is 28.7 Å². The molecule has 0 saturated heterocycles. The summed E-state index contributed by atoms with van der Waals surface area (Å²) in [5, 5.41) is 0.664. The van der Waals surface area contributed by atoms with E-state index in [1.807, 2.05) is 31.2 Å². The maximum absolute atomic E-state index is 5.88. The van der Waals surface area contributed by atoms with E-state index in [1.165, 1.54) is 0 Å². The molecule has 78 valence electrons. The molecular formula is C11H11ClN2O. The summed E-state index contributed by atoms with van der Waals surface area (Å²) in [6.45, 7) is 2.24. The number of halogens is 1. The van der Waals surface area contributed by atoms with Crippen molar-refractivity contribution in [2.45, 2.75) is 13.5 Å². The zero-order valence-corrected chi connectivity index (χ0v) is 9.08. The third-order valence-electron chi connectivity index (χ3n) is 2.15. The summed E-state index contributed by atoms with van der Waals surface area (Å²) in [6.07, 6.45) is 0. The van der Waals surface area contributed by atoms with Gasteiger partial charge in [0.15, 0.2) is 0 Å². The Kier molecular flexibility index (Phi) is 2.75. The lowest BCUT2D eigenvalue weighted by Gasteiger charge is -1.95. The molecule has 4 heteroatoms. The third-order valence-corrected chi connectivity index (χ3v) is 2.38. The molecule has 0 spiro atoms. The van der Waals surface area contributed by atoms with Crippen molar-refractivity contribution in [2.24, 2.45) is 5.73 Å². The molecule has 0 bridgehead atoms. The lowest BCUT2D eigenvalue weighted by atomic mass is 10.2. The summed E-state index contributed by atoms with van der Waals surface area (Å²) >= 11 is 5.88. The molecule has 3 nitrogen and oxygen atoms in total. The molecule has 0 amide bonds. The van der Waals surface area contributed by atoms with Crippen LogP contribution in [0.5, 0.6) is 0 Å². The van der Waals surface area contributed by atoms with Gasteiger partial charge < -0.3 is 10.2 Å². The molecular weight excluding hydrogens is 212 g/mol. The number of benzene rings is 1. The Labute approximate surface area is 92.9 Å². The first-order valence-electron chi connectivity index (χ1n) is 4.63. The Hall–Kier alpha value is -1.32. The van der Waals surface area contributed by atoms with Crippen LogP contribution in [0, 0.1) is 6.92 Å². The number of rotatable bonds is 2. The van der Waals surface area contributed by atoms with Gasteiger partial charge in [-0.1, -0.05) is 17.7 Å². The van der Waals surface area contributed by atoms with Gasteiger partial charge in [0.25, 0.3) is 0 Å². The summed E-state index contributed by atoms with van der Waals surface area (Å²) in [6, 6.07) is 7.38. The Bertz CT molecular complexity index is 479. The normalized spacial score (nSPS) is 10.6. The summed E-state index contributed by atoms with van der Waals surface area (Å²) in [4.78, 5) is 4.29. The van der Waals surface area contributed by atoms with Crippen LogP contribution in [0.4, 0.5) is 0 Å². The standard InChI is InChI=1S/C11H11ClN2O/c1-7-10(6-13)15-11(14-7)8-3-2-4-9(12)5-8/h2-5H,6,13H2,1H3. The summed E-state index contributed by atoms with van der Waals surface area (Å²) in [7, 11) is 0. The number of oxazole rings is 1. The van der Waals surface area contributed by atoms with Gasteiger partial charge in [-0.2, -0.15) is 0 Å². The number of hydrogen-bond acceptors (Lipinski definition) is 3. The number of nitrogens with zero attached hydrogens (tertiary/aromatic N) is 1. The molecule has 0 saturated carbocycles. The molecule has 1 aromatic carbocycles. The summed E-state index contributed by atoms with van der Waals surface area (Å²) < 4.78 is 5.51. The van der Waals surface area contributed by atoms with Crippen LogP contribution < -0.4 is 5.73 Å². The first-order valence-corrected chi connectivity index (χ1v) is 5.01. The molecule has 0 aliphatic carbocycles. The van der Waals surface area contributed by atoms with E-state index >= 15 is 0 Å². The quantitative estimate of drug-likeness (QED) is 0.850. The maximum Gasteiger partial charge on any atom is 0.226 e. The van der Waals surface area contributed by atoms with E-state index in [2.05, 4.69) is 4.98 Å². The van der Waals surface area contributed by atoms with Gasteiger partial charge >= 0.3 is 0 Å². The predicted octanol–water partition coefficient (Wildman–Crippen LogP) is 2.76. The second-order valence-corrected chi connectivity index (χ2v) is 3.68. The van der Waals surface area contributed by atoms with Crippen LogP contribution in [0.25, 0.3) is 11.5 Å². The van der Waals surface area contributed by atoms with Gasteiger partial charge in [-0.15, -0.1) is 0 Å². The molecule has 0 aliphatic rings. The number of aryl methyl sites for hydroxylation is 1. The molecule has 2 aromatic rings. The topological polar surface area (TPSA) is 52.0 Å². The molecule has 1 aromatic heterocycles. The molecule has 0 unspecified atom stereocenters. The molecule has 2 rings (SSSR count). The van der Waals surface area contributed by atoms with Crippen molar-refractivity contribution in [3.63, 3.8) is 0 Å². The number of aromatic nitrogens is 1. The smallest absolute Gasteiger partial charge is 0.226 e. The molecule has 0 aliphatic heterocycles. The largest absolute Gasteiger partial charge is 0.440 e. The van der Waals surface area contributed by atoms with Gasteiger partial charge in [-0.05, 0) is 25.1 Å². The van der Waals surface area contributed by atoms with Gasteiger partial charge in [0, 0.05) is 10.6 Å². The maximum atomic E-state index is 5.88. The SMILES string of the molecule is Cc1nc(-c2cccc(Cl)c2)oc1CN. The van der Waals surface area contributed by atoms with Crippen molar-refractivity contribution in [3.8, 4) is 11.5 Å². The van der Waals surface area contributed by atoms with E-state index < -0.39 is 0 Å². The third kappa shape index (κ3) is 2.03. The van der Waals surface area contributed by atoms with Gasteiger partial charge in [-0.3, -0.25) is 0 Å². The minimum atomic E-state index is 0.361. The average Bonchev–Trinajstić information content (AvgIpc) is 2.60. The Balaban J connectivity index is 2.45. The van der Waals surface area contributed by atoms with Crippen molar-refractivity contribution in [3.05, 3.63) is 40.7 Å². The van der Waals surface area contributed by atoms with Crippen LogP contribution in [-0.4, -0.2) is 4.98 Å². The second-order valence-electron chi connectivity index (χ2n) is 3.24. The number of nitrogens with two attached hydrogens (primary N) is 1. The van der Waals surface area contributed by atoms with Crippen LogP contribution in [-0.2, 0) is 6.54 Å². The zero-order chi connectivity index (χ0) is 10.8. The van der Waals surface area contributed by atoms with E-state index in [-0.39, 0.29) is 0 Å². The fraction of sp³-hybridized carbons (Fsp3) is 0.182. The van der Waals surface area contributed by atoms with E-state index in [9.17, 15) is 0 Å². The van der Waals surface area contributed by atoms with Crippen molar-refractivity contribution < 1.29 is 4.42 Å². The highest BCUT2D eigenvalue weighted by Gasteiger charge is 2.09. The fourth-order valence-electron chi connectivity index (χ4n) is 1.36. The predicted molar refractivity (Wildman–Crippen MR) is 59.6 cm³/mol. The highest BCUT2D eigenvalue weighted by atomic mass is 35.5. The van der Waals surface area contributed by atoms with Crippen molar-refractivity contribution >= 4 is 11.6 Å². The van der Waals surface area contributed by atoms with Crippen LogP contribution in [0.1, 0.15) is 11.5 Å². The highest BCUT2D eigenvalue weighted by Crippen LogP contribution is 2.23. The molecule has 1 heterocycles. The van der Waals surface area contributed by atoms with Crippen LogP contribution in [0.3, 0.4) is 0 Å². The van der Waals surface area contributed by atoms with Gasteiger partial charge in [0.05, 0.1) is 12.2 Å². The minimum Gasteiger partial charge on any atom is -0.440 e. The van der Waals surface area contributed by atoms with Crippen molar-refractivity contribution in [1.29, 1.82) is 0 Å². The first-order chi connectivity index (χ1) is 7.20. The van der Waals surface area contributed by atoms with Crippen molar-refractivity contribution in [2.75, 3.05) is 0 Å².